The number of methoxy groups -OCH3 is 1. The van der Waals surface area contributed by atoms with Crippen LogP contribution in [0.1, 0.15) is 62.3 Å². The molecule has 1 aliphatic carbocycles. The maximum Gasteiger partial charge on any atom is 0.223 e. The van der Waals surface area contributed by atoms with Gasteiger partial charge in [0.25, 0.3) is 0 Å². The molecular weight excluding hydrogens is 402 g/mol. The molecule has 2 fully saturated rings. The molecule has 1 saturated heterocycles. The van der Waals surface area contributed by atoms with Crippen LogP contribution in [0.2, 0.25) is 0 Å². The Morgan fingerprint density at radius 1 is 1.09 bits per heavy atom. The van der Waals surface area contributed by atoms with Crippen LogP contribution < -0.4 is 14.8 Å². The molecule has 0 radical (unpaired) electrons. The van der Waals surface area contributed by atoms with E-state index < -0.39 is 0 Å². The van der Waals surface area contributed by atoms with Crippen LogP contribution in [0.4, 0.5) is 0 Å². The van der Waals surface area contributed by atoms with Crippen molar-refractivity contribution in [2.45, 2.75) is 57.0 Å². The number of benzene rings is 2. The van der Waals surface area contributed by atoms with Crippen molar-refractivity contribution in [3.05, 3.63) is 53.9 Å². The molecule has 2 N–H and O–H groups in total. The first-order chi connectivity index (χ1) is 15.6. The third-order valence-electron chi connectivity index (χ3n) is 7.10. The average Bonchev–Trinajstić information content (AvgIpc) is 3.48. The Hall–Kier alpha value is -3.02. The highest BCUT2D eigenvalue weighted by molar-refractivity contribution is 5.81. The van der Waals surface area contributed by atoms with Crippen LogP contribution in [0.5, 0.6) is 11.5 Å². The highest BCUT2D eigenvalue weighted by Gasteiger charge is 2.35. The first-order valence-corrected chi connectivity index (χ1v) is 11.7. The zero-order valence-corrected chi connectivity index (χ0v) is 18.8. The normalized spacial score (nSPS) is 22.6. The summed E-state index contributed by atoms with van der Waals surface area (Å²) < 4.78 is 11.9. The molecule has 5 rings (SSSR count). The molecule has 6 heteroatoms. The number of aromatic nitrogens is 2. The first kappa shape index (κ1) is 20.9. The number of hydrogen-bond donors (Lipinski definition) is 2. The zero-order valence-electron chi connectivity index (χ0n) is 18.8. The molecule has 6 nitrogen and oxygen atoms in total. The number of H-pyrrole nitrogens is 1. The van der Waals surface area contributed by atoms with Gasteiger partial charge in [-0.2, -0.15) is 0 Å². The van der Waals surface area contributed by atoms with Gasteiger partial charge in [0.15, 0.2) is 11.5 Å². The number of aromatic amines is 1. The van der Waals surface area contributed by atoms with Crippen molar-refractivity contribution >= 4 is 16.9 Å². The third-order valence-corrected chi connectivity index (χ3v) is 7.10. The van der Waals surface area contributed by atoms with Crippen LogP contribution in [0.15, 0.2) is 42.5 Å². The van der Waals surface area contributed by atoms with Crippen molar-refractivity contribution in [2.75, 3.05) is 13.7 Å². The highest BCUT2D eigenvalue weighted by Crippen LogP contribution is 2.39. The lowest BCUT2D eigenvalue weighted by Gasteiger charge is -2.32. The predicted octanol–water partition coefficient (Wildman–Crippen LogP) is 4.92. The van der Waals surface area contributed by atoms with Crippen LogP contribution in [0, 0.1) is 5.92 Å². The maximum absolute atomic E-state index is 12.8. The molecule has 3 aromatic rings. The molecule has 1 amide bonds. The number of carbonyl (C=O) groups is 1. The van der Waals surface area contributed by atoms with E-state index >= 15 is 0 Å². The van der Waals surface area contributed by atoms with Gasteiger partial charge in [0.05, 0.1) is 24.2 Å². The summed E-state index contributed by atoms with van der Waals surface area (Å²) in [6.45, 7) is 2.73. The summed E-state index contributed by atoms with van der Waals surface area (Å²) in [6, 6.07) is 14.2. The second-order valence-electron chi connectivity index (χ2n) is 9.15. The minimum atomic E-state index is -0.143. The molecule has 168 valence electrons. The third kappa shape index (κ3) is 4.06. The minimum absolute atomic E-state index is 0.00217. The van der Waals surface area contributed by atoms with Gasteiger partial charge < -0.3 is 19.8 Å². The second kappa shape index (κ2) is 8.85. The maximum atomic E-state index is 12.8. The molecule has 3 atom stereocenters. The summed E-state index contributed by atoms with van der Waals surface area (Å²) in [4.78, 5) is 20.9. The first-order valence-electron chi connectivity index (χ1n) is 11.7. The van der Waals surface area contributed by atoms with E-state index in [4.69, 9.17) is 14.5 Å². The number of hydrogen-bond acceptors (Lipinski definition) is 4. The van der Waals surface area contributed by atoms with Crippen LogP contribution in [0.25, 0.3) is 11.0 Å². The van der Waals surface area contributed by atoms with Crippen molar-refractivity contribution in [3.8, 4) is 11.5 Å². The van der Waals surface area contributed by atoms with Crippen LogP contribution in [-0.4, -0.2) is 35.6 Å². The lowest BCUT2D eigenvalue weighted by molar-refractivity contribution is -0.127. The van der Waals surface area contributed by atoms with E-state index in [-0.39, 0.29) is 29.8 Å². The Labute approximate surface area is 188 Å². The van der Waals surface area contributed by atoms with Crippen molar-refractivity contribution in [3.63, 3.8) is 0 Å². The van der Waals surface area contributed by atoms with E-state index in [0.29, 0.717) is 6.54 Å². The van der Waals surface area contributed by atoms with Gasteiger partial charge in [-0.1, -0.05) is 25.1 Å². The molecule has 2 aromatic carbocycles. The van der Waals surface area contributed by atoms with Gasteiger partial charge in [-0.25, -0.2) is 4.98 Å². The predicted molar refractivity (Wildman–Crippen MR) is 124 cm³/mol. The molecule has 1 aliphatic heterocycles. The van der Waals surface area contributed by atoms with E-state index in [0.717, 1.165) is 47.6 Å². The Balaban J connectivity index is 1.37. The molecule has 32 heavy (non-hydrogen) atoms. The second-order valence-corrected chi connectivity index (χ2v) is 9.15. The number of nitrogens with zero attached hydrogens (tertiary/aromatic N) is 1. The number of piperidine rings is 1. The Kier molecular flexibility index (Phi) is 5.77. The summed E-state index contributed by atoms with van der Waals surface area (Å²) in [5.41, 5.74) is 3.12. The van der Waals surface area contributed by atoms with Crippen molar-refractivity contribution in [2.24, 2.45) is 5.92 Å². The van der Waals surface area contributed by atoms with Crippen LogP contribution >= 0.6 is 0 Å². The minimum Gasteiger partial charge on any atom is -0.493 e. The molecule has 2 heterocycles. The summed E-state index contributed by atoms with van der Waals surface area (Å²) in [5, 5.41) is 3.13. The summed E-state index contributed by atoms with van der Waals surface area (Å²) in [5.74, 6) is 2.63. The number of ether oxygens (including phenoxy) is 2. The fourth-order valence-corrected chi connectivity index (χ4v) is 5.14. The SMILES string of the molecule is COc1ccc([C@H]2CNC(=O)[C@@H](C(C)c3nc4ccccc4[nH]3)C2)cc1OC1CCCC1. The molecule has 1 aromatic heterocycles. The van der Waals surface area contributed by atoms with E-state index in [9.17, 15) is 4.79 Å². The van der Waals surface area contributed by atoms with E-state index in [1.54, 1.807) is 7.11 Å². The lowest BCUT2D eigenvalue weighted by Crippen LogP contribution is -2.42. The van der Waals surface area contributed by atoms with E-state index in [2.05, 4.69) is 29.4 Å². The average molecular weight is 434 g/mol. The van der Waals surface area contributed by atoms with Crippen LogP contribution in [0.3, 0.4) is 0 Å². The van der Waals surface area contributed by atoms with Crippen LogP contribution in [-0.2, 0) is 4.79 Å². The smallest absolute Gasteiger partial charge is 0.223 e. The molecule has 1 unspecified atom stereocenters. The Bertz CT molecular complexity index is 1070. The van der Waals surface area contributed by atoms with Crippen molar-refractivity contribution < 1.29 is 14.3 Å². The number of fused-ring (bicyclic) bond motifs is 1. The molecule has 1 saturated carbocycles. The highest BCUT2D eigenvalue weighted by atomic mass is 16.5. The number of amides is 1. The molecular formula is C26H31N3O3. The van der Waals surface area contributed by atoms with Gasteiger partial charge in [-0.3, -0.25) is 4.79 Å². The number of carbonyl (C=O) groups excluding carboxylic acids is 1. The standard InChI is InChI=1S/C26H31N3O3/c1-16(25-28-21-9-5-6-10-22(21)29-25)20-13-18(15-27-26(20)30)17-11-12-23(31-2)24(14-17)32-19-7-3-4-8-19/h5-6,9-12,14,16,18-20H,3-4,7-8,13,15H2,1-2H3,(H,27,30)(H,28,29)/t16?,18-,20-/m1/s1. The van der Waals surface area contributed by atoms with Gasteiger partial charge in [0.1, 0.15) is 5.82 Å². The number of rotatable bonds is 6. The molecule has 0 bridgehead atoms. The fraction of sp³-hybridized carbons (Fsp3) is 0.462. The van der Waals surface area contributed by atoms with Gasteiger partial charge in [-0.05, 0) is 61.9 Å². The van der Waals surface area contributed by atoms with Crippen molar-refractivity contribution in [1.29, 1.82) is 0 Å². The molecule has 0 spiro atoms. The topological polar surface area (TPSA) is 76.2 Å². The Morgan fingerprint density at radius 3 is 2.69 bits per heavy atom. The fourth-order valence-electron chi connectivity index (χ4n) is 5.14. The van der Waals surface area contributed by atoms with E-state index in [1.165, 1.54) is 18.4 Å². The summed E-state index contributed by atoms with van der Waals surface area (Å²) in [7, 11) is 1.68. The summed E-state index contributed by atoms with van der Waals surface area (Å²) in [6.07, 6.45) is 5.70. The quantitative estimate of drug-likeness (QED) is 0.579. The van der Waals surface area contributed by atoms with Crippen molar-refractivity contribution in [1.82, 2.24) is 15.3 Å². The van der Waals surface area contributed by atoms with Gasteiger partial charge in [-0.15, -0.1) is 0 Å². The molecule has 2 aliphatic rings. The summed E-state index contributed by atoms with van der Waals surface area (Å²) >= 11 is 0. The number of nitrogens with one attached hydrogen (secondary N) is 2. The van der Waals surface area contributed by atoms with E-state index in [1.807, 2.05) is 30.3 Å². The zero-order chi connectivity index (χ0) is 22.1. The number of imidazole rings is 1. The largest absolute Gasteiger partial charge is 0.493 e. The lowest BCUT2D eigenvalue weighted by atomic mass is 9.79. The monoisotopic (exact) mass is 433 g/mol. The number of para-hydroxylation sites is 2. The van der Waals surface area contributed by atoms with Gasteiger partial charge in [0, 0.05) is 24.3 Å². The Morgan fingerprint density at radius 2 is 1.91 bits per heavy atom. The van der Waals surface area contributed by atoms with Gasteiger partial charge >= 0.3 is 0 Å². The van der Waals surface area contributed by atoms with Gasteiger partial charge in [0.2, 0.25) is 5.91 Å².